The number of carboxylic acid groups (broad SMARTS) is 1. The maximum Gasteiger partial charge on any atom is 0.331 e. The number of carboxylic acids is 1. The molecule has 0 saturated carbocycles. The summed E-state index contributed by atoms with van der Waals surface area (Å²) in [6.07, 6.45) is 0.990. The van der Waals surface area contributed by atoms with E-state index < -0.39 is 5.97 Å². The van der Waals surface area contributed by atoms with Gasteiger partial charge in [0.05, 0.1) is 0 Å². The third kappa shape index (κ3) is 2.55. The van der Waals surface area contributed by atoms with Crippen molar-refractivity contribution in [2.45, 2.75) is 6.42 Å². The van der Waals surface area contributed by atoms with E-state index in [4.69, 9.17) is 5.11 Å². The zero-order valence-electron chi connectivity index (χ0n) is 7.56. The molecule has 0 saturated heterocycles. The van der Waals surface area contributed by atoms with E-state index in [9.17, 15) is 9.59 Å². The van der Waals surface area contributed by atoms with Gasteiger partial charge >= 0.3 is 5.97 Å². The summed E-state index contributed by atoms with van der Waals surface area (Å²) in [5.74, 6) is -1.01. The normalized spacial score (nSPS) is 9.43. The number of benzene rings is 1. The minimum atomic E-state index is -1.01. The van der Waals surface area contributed by atoms with Gasteiger partial charge in [0.1, 0.15) is 6.29 Å². The molecule has 72 valence electrons. The Hall–Kier alpha value is -1.90. The van der Waals surface area contributed by atoms with Gasteiger partial charge in [-0.3, -0.25) is 4.79 Å². The highest BCUT2D eigenvalue weighted by molar-refractivity contribution is 5.86. The second-order valence-corrected chi connectivity index (χ2v) is 2.95. The van der Waals surface area contributed by atoms with Gasteiger partial charge in [-0.25, -0.2) is 4.79 Å². The highest BCUT2D eigenvalue weighted by atomic mass is 16.4. The zero-order valence-corrected chi connectivity index (χ0v) is 7.56. The zero-order chi connectivity index (χ0) is 10.6. The number of aldehydes is 1. The van der Waals surface area contributed by atoms with E-state index in [1.54, 1.807) is 24.3 Å². The van der Waals surface area contributed by atoms with Gasteiger partial charge < -0.3 is 5.11 Å². The topological polar surface area (TPSA) is 54.4 Å². The number of hydrogen-bond acceptors (Lipinski definition) is 2. The van der Waals surface area contributed by atoms with Crippen molar-refractivity contribution in [2.75, 3.05) is 0 Å². The van der Waals surface area contributed by atoms with Crippen LogP contribution in [0.3, 0.4) is 0 Å². The van der Waals surface area contributed by atoms with E-state index >= 15 is 0 Å². The van der Waals surface area contributed by atoms with E-state index in [1.807, 2.05) is 0 Å². The molecule has 1 aromatic rings. The summed E-state index contributed by atoms with van der Waals surface area (Å²) in [4.78, 5) is 20.9. The predicted octanol–water partition coefficient (Wildman–Crippen LogP) is 1.68. The minimum Gasteiger partial charge on any atom is -0.478 e. The van der Waals surface area contributed by atoms with Crippen molar-refractivity contribution in [3.05, 3.63) is 47.5 Å². The molecular formula is C11H10O3. The monoisotopic (exact) mass is 190 g/mol. The van der Waals surface area contributed by atoms with Crippen LogP contribution in [0.15, 0.2) is 36.4 Å². The van der Waals surface area contributed by atoms with E-state index in [2.05, 4.69) is 6.58 Å². The van der Waals surface area contributed by atoms with Gasteiger partial charge in [0.25, 0.3) is 0 Å². The molecule has 0 radical (unpaired) electrons. The first-order chi connectivity index (χ1) is 6.63. The minimum absolute atomic E-state index is 0.119. The van der Waals surface area contributed by atoms with Crippen LogP contribution in [0.1, 0.15) is 15.9 Å². The van der Waals surface area contributed by atoms with Crippen molar-refractivity contribution in [1.82, 2.24) is 0 Å². The average molecular weight is 190 g/mol. The molecule has 0 heterocycles. The van der Waals surface area contributed by atoms with E-state index in [0.29, 0.717) is 5.56 Å². The van der Waals surface area contributed by atoms with Crippen LogP contribution in [-0.4, -0.2) is 17.4 Å². The SMILES string of the molecule is C=C(Cc1cccc(C=O)c1)C(=O)O. The van der Waals surface area contributed by atoms with Crippen molar-refractivity contribution in [3.63, 3.8) is 0 Å². The van der Waals surface area contributed by atoms with Crippen LogP contribution in [-0.2, 0) is 11.2 Å². The van der Waals surface area contributed by atoms with Crippen LogP contribution in [0.25, 0.3) is 0 Å². The molecule has 0 fully saturated rings. The quantitative estimate of drug-likeness (QED) is 0.580. The summed E-state index contributed by atoms with van der Waals surface area (Å²) >= 11 is 0. The first kappa shape index (κ1) is 10.2. The Kier molecular flexibility index (Phi) is 3.18. The maximum atomic E-state index is 10.5. The Morgan fingerprint density at radius 2 is 2.21 bits per heavy atom. The van der Waals surface area contributed by atoms with Crippen molar-refractivity contribution in [1.29, 1.82) is 0 Å². The number of carbonyl (C=O) groups is 2. The molecule has 3 heteroatoms. The molecule has 0 aromatic heterocycles. The van der Waals surface area contributed by atoms with Crippen LogP contribution < -0.4 is 0 Å². The molecule has 1 rings (SSSR count). The van der Waals surface area contributed by atoms with E-state index in [1.165, 1.54) is 0 Å². The molecule has 0 unspecified atom stereocenters. The van der Waals surface area contributed by atoms with Crippen LogP contribution in [0.5, 0.6) is 0 Å². The molecule has 0 aliphatic carbocycles. The lowest BCUT2D eigenvalue weighted by Crippen LogP contribution is -2.02. The fourth-order valence-corrected chi connectivity index (χ4v) is 1.10. The van der Waals surface area contributed by atoms with Crippen molar-refractivity contribution in [3.8, 4) is 0 Å². The highest BCUT2D eigenvalue weighted by Crippen LogP contribution is 2.08. The van der Waals surface area contributed by atoms with Crippen molar-refractivity contribution < 1.29 is 14.7 Å². The third-order valence-corrected chi connectivity index (χ3v) is 1.81. The molecule has 0 aliphatic heterocycles. The highest BCUT2D eigenvalue weighted by Gasteiger charge is 2.05. The van der Waals surface area contributed by atoms with Crippen LogP contribution in [0.4, 0.5) is 0 Å². The molecule has 14 heavy (non-hydrogen) atoms. The first-order valence-corrected chi connectivity index (χ1v) is 4.08. The van der Waals surface area contributed by atoms with Crippen molar-refractivity contribution >= 4 is 12.3 Å². The summed E-state index contributed by atoms with van der Waals surface area (Å²) in [5, 5.41) is 8.60. The largest absolute Gasteiger partial charge is 0.478 e. The van der Waals surface area contributed by atoms with E-state index in [0.717, 1.165) is 11.8 Å². The maximum absolute atomic E-state index is 10.5. The molecule has 0 amide bonds. The van der Waals surface area contributed by atoms with Gasteiger partial charge in [0, 0.05) is 17.6 Å². The lowest BCUT2D eigenvalue weighted by molar-refractivity contribution is -0.132. The predicted molar refractivity (Wildman–Crippen MR) is 52.3 cm³/mol. The summed E-state index contributed by atoms with van der Waals surface area (Å²) in [6.45, 7) is 3.42. The molecule has 0 spiro atoms. The second-order valence-electron chi connectivity index (χ2n) is 2.95. The lowest BCUT2D eigenvalue weighted by atomic mass is 10.0. The first-order valence-electron chi connectivity index (χ1n) is 4.08. The summed E-state index contributed by atoms with van der Waals surface area (Å²) in [5.41, 5.74) is 1.44. The molecule has 0 atom stereocenters. The Morgan fingerprint density at radius 1 is 1.50 bits per heavy atom. The van der Waals surface area contributed by atoms with Gasteiger partial charge in [-0.1, -0.05) is 24.8 Å². The third-order valence-electron chi connectivity index (χ3n) is 1.81. The number of hydrogen-bond donors (Lipinski definition) is 1. The summed E-state index contributed by atoms with van der Waals surface area (Å²) in [6, 6.07) is 6.80. The molecule has 0 bridgehead atoms. The van der Waals surface area contributed by atoms with Crippen LogP contribution in [0, 0.1) is 0 Å². The Balaban J connectivity index is 2.81. The van der Waals surface area contributed by atoms with Gasteiger partial charge in [-0.15, -0.1) is 0 Å². The molecule has 3 nitrogen and oxygen atoms in total. The number of aliphatic carboxylic acids is 1. The second kappa shape index (κ2) is 4.37. The average Bonchev–Trinajstić information content (AvgIpc) is 2.18. The van der Waals surface area contributed by atoms with Crippen molar-refractivity contribution in [2.24, 2.45) is 0 Å². The number of rotatable bonds is 4. The van der Waals surface area contributed by atoms with Crippen LogP contribution >= 0.6 is 0 Å². The smallest absolute Gasteiger partial charge is 0.331 e. The molecule has 1 aromatic carbocycles. The van der Waals surface area contributed by atoms with Gasteiger partial charge in [0.15, 0.2) is 0 Å². The fraction of sp³-hybridized carbons (Fsp3) is 0.0909. The Morgan fingerprint density at radius 3 is 2.79 bits per heavy atom. The molecule has 0 aliphatic rings. The fourth-order valence-electron chi connectivity index (χ4n) is 1.10. The standard InChI is InChI=1S/C11H10O3/c1-8(11(13)14)5-9-3-2-4-10(6-9)7-12/h2-4,6-7H,1,5H2,(H,13,14). The van der Waals surface area contributed by atoms with Gasteiger partial charge in [-0.2, -0.15) is 0 Å². The molecule has 1 N–H and O–H groups in total. The molecular weight excluding hydrogens is 180 g/mol. The Bertz CT molecular complexity index is 380. The van der Waals surface area contributed by atoms with Crippen LogP contribution in [0.2, 0.25) is 0 Å². The summed E-state index contributed by atoms with van der Waals surface area (Å²) < 4.78 is 0. The van der Waals surface area contributed by atoms with E-state index in [-0.39, 0.29) is 12.0 Å². The Labute approximate surface area is 81.7 Å². The number of carbonyl (C=O) groups excluding carboxylic acids is 1. The lowest BCUT2D eigenvalue weighted by Gasteiger charge is -2.01. The van der Waals surface area contributed by atoms with Gasteiger partial charge in [0.2, 0.25) is 0 Å². The summed E-state index contributed by atoms with van der Waals surface area (Å²) in [7, 11) is 0. The van der Waals surface area contributed by atoms with Gasteiger partial charge in [-0.05, 0) is 11.6 Å².